The van der Waals surface area contributed by atoms with Crippen molar-refractivity contribution in [1.82, 2.24) is 0 Å². The van der Waals surface area contributed by atoms with Crippen LogP contribution in [0.2, 0.25) is 0 Å². The Morgan fingerprint density at radius 2 is 2.33 bits per heavy atom. The molecule has 0 aromatic heterocycles. The van der Waals surface area contributed by atoms with Crippen LogP contribution < -0.4 is 4.74 Å². The van der Waals surface area contributed by atoms with Crippen LogP contribution in [-0.2, 0) is 4.79 Å². The second kappa shape index (κ2) is 4.98. The van der Waals surface area contributed by atoms with Crippen LogP contribution in [0.25, 0.3) is 0 Å². The molecule has 82 valence electrons. The van der Waals surface area contributed by atoms with Gasteiger partial charge in [-0.15, -0.1) is 11.6 Å². The van der Waals surface area contributed by atoms with E-state index in [2.05, 4.69) is 0 Å². The number of ether oxygens (including phenoxy) is 1. The summed E-state index contributed by atoms with van der Waals surface area (Å²) in [7, 11) is 0. The monoisotopic (exact) mass is 232 g/mol. The molecule has 0 spiro atoms. The molecule has 5 heteroatoms. The van der Waals surface area contributed by atoms with Gasteiger partial charge in [0.1, 0.15) is 6.61 Å². The number of benzene rings is 1. The van der Waals surface area contributed by atoms with E-state index in [0.29, 0.717) is 0 Å². The normalized spacial score (nSPS) is 12.2. The van der Waals surface area contributed by atoms with Crippen LogP contribution in [0, 0.1) is 12.7 Å². The summed E-state index contributed by atoms with van der Waals surface area (Å²) in [6, 6.07) is 4.34. The Morgan fingerprint density at radius 1 is 1.67 bits per heavy atom. The molecule has 1 aromatic rings. The van der Waals surface area contributed by atoms with Gasteiger partial charge >= 0.3 is 5.97 Å². The maximum atomic E-state index is 13.1. The number of hydrogen-bond donors (Lipinski definition) is 1. The molecule has 1 N–H and O–H groups in total. The lowest BCUT2D eigenvalue weighted by Crippen LogP contribution is -2.21. The molecule has 0 aliphatic heterocycles. The zero-order valence-corrected chi connectivity index (χ0v) is 8.79. The van der Waals surface area contributed by atoms with Crippen molar-refractivity contribution in [3.8, 4) is 5.75 Å². The molecule has 15 heavy (non-hydrogen) atoms. The fourth-order valence-electron chi connectivity index (χ4n) is 0.955. The number of carbonyl (C=O) groups is 1. The molecular formula is C10H10ClFO3. The third-order valence-electron chi connectivity index (χ3n) is 1.74. The van der Waals surface area contributed by atoms with Gasteiger partial charge in [0.25, 0.3) is 0 Å². The molecule has 0 heterocycles. The summed E-state index contributed by atoms with van der Waals surface area (Å²) in [6.07, 6.45) is 0. The third-order valence-corrected chi connectivity index (χ3v) is 2.05. The molecule has 3 nitrogen and oxygen atoms in total. The maximum Gasteiger partial charge on any atom is 0.325 e. The number of rotatable bonds is 4. The summed E-state index contributed by atoms with van der Waals surface area (Å²) < 4.78 is 18.1. The van der Waals surface area contributed by atoms with Gasteiger partial charge in [-0.2, -0.15) is 0 Å². The Hall–Kier alpha value is -1.29. The molecule has 1 atom stereocenters. The van der Waals surface area contributed by atoms with Crippen molar-refractivity contribution in [1.29, 1.82) is 0 Å². The highest BCUT2D eigenvalue weighted by molar-refractivity contribution is 6.29. The minimum absolute atomic E-state index is 0.0156. The number of alkyl halides is 1. The predicted octanol–water partition coefficient (Wildman–Crippen LogP) is 2.20. The fraction of sp³-hybridized carbons (Fsp3) is 0.300. The van der Waals surface area contributed by atoms with Gasteiger partial charge in [-0.1, -0.05) is 6.07 Å². The second-order valence-corrected chi connectivity index (χ2v) is 3.58. The topological polar surface area (TPSA) is 46.5 Å². The van der Waals surface area contributed by atoms with E-state index in [-0.39, 0.29) is 12.4 Å². The lowest BCUT2D eigenvalue weighted by atomic mass is 10.2. The highest BCUT2D eigenvalue weighted by Gasteiger charge is 2.15. The van der Waals surface area contributed by atoms with Crippen LogP contribution >= 0.6 is 11.6 Å². The number of halogens is 2. The standard InChI is InChI=1S/C10H10ClFO3/c1-6-2-3-8(12)9(4-6)15-5-7(11)10(13)14/h2-4,7H,5H2,1H3,(H,13,14). The summed E-state index contributed by atoms with van der Waals surface area (Å²) in [5.74, 6) is -1.71. The van der Waals surface area contributed by atoms with E-state index >= 15 is 0 Å². The zero-order chi connectivity index (χ0) is 11.4. The van der Waals surface area contributed by atoms with Crippen LogP contribution in [0.15, 0.2) is 18.2 Å². The Kier molecular flexibility index (Phi) is 3.91. The molecule has 0 aliphatic carbocycles. The van der Waals surface area contributed by atoms with Gasteiger partial charge < -0.3 is 9.84 Å². The van der Waals surface area contributed by atoms with Crippen molar-refractivity contribution < 1.29 is 19.0 Å². The average molecular weight is 233 g/mol. The summed E-state index contributed by atoms with van der Waals surface area (Å²) in [5.41, 5.74) is 0.827. The molecule has 0 saturated carbocycles. The molecule has 0 radical (unpaired) electrons. The molecule has 0 fully saturated rings. The number of carboxylic acids is 1. The van der Waals surface area contributed by atoms with E-state index in [1.165, 1.54) is 12.1 Å². The van der Waals surface area contributed by atoms with Gasteiger partial charge in [0, 0.05) is 0 Å². The van der Waals surface area contributed by atoms with Crippen molar-refractivity contribution in [3.63, 3.8) is 0 Å². The van der Waals surface area contributed by atoms with Gasteiger partial charge in [0.15, 0.2) is 16.9 Å². The minimum atomic E-state index is -1.19. The van der Waals surface area contributed by atoms with Crippen LogP contribution in [0.1, 0.15) is 5.56 Å². The number of hydrogen-bond acceptors (Lipinski definition) is 2. The van der Waals surface area contributed by atoms with Crippen molar-refractivity contribution in [2.75, 3.05) is 6.61 Å². The Bertz CT molecular complexity index is 368. The Balaban J connectivity index is 2.65. The SMILES string of the molecule is Cc1ccc(F)c(OCC(Cl)C(=O)O)c1. The first kappa shape index (κ1) is 11.8. The molecular weight excluding hydrogens is 223 g/mol. The van der Waals surface area contributed by atoms with Gasteiger partial charge in [-0.25, -0.2) is 4.39 Å². The Morgan fingerprint density at radius 3 is 2.93 bits per heavy atom. The lowest BCUT2D eigenvalue weighted by Gasteiger charge is -2.09. The zero-order valence-electron chi connectivity index (χ0n) is 8.04. The van der Waals surface area contributed by atoms with Crippen LogP contribution in [0.3, 0.4) is 0 Å². The van der Waals surface area contributed by atoms with Crippen LogP contribution in [0.4, 0.5) is 4.39 Å². The molecule has 0 amide bonds. The molecule has 0 bridgehead atoms. The smallest absolute Gasteiger partial charge is 0.325 e. The van der Waals surface area contributed by atoms with Crippen molar-refractivity contribution in [2.45, 2.75) is 12.3 Å². The first-order valence-electron chi connectivity index (χ1n) is 4.26. The number of aryl methyl sites for hydroxylation is 1. The summed E-state index contributed by atoms with van der Waals surface area (Å²) in [5, 5.41) is 7.30. The fourth-order valence-corrected chi connectivity index (χ4v) is 1.02. The first-order chi connectivity index (χ1) is 7.00. The lowest BCUT2D eigenvalue weighted by molar-refractivity contribution is -0.137. The summed E-state index contributed by atoms with van der Waals surface area (Å²) >= 11 is 5.41. The number of carboxylic acid groups (broad SMARTS) is 1. The van der Waals surface area contributed by atoms with Gasteiger partial charge in [0.05, 0.1) is 0 Å². The highest BCUT2D eigenvalue weighted by Crippen LogP contribution is 2.18. The van der Waals surface area contributed by atoms with E-state index in [1.807, 2.05) is 0 Å². The summed E-state index contributed by atoms with van der Waals surface area (Å²) in [6.45, 7) is 1.51. The van der Waals surface area contributed by atoms with E-state index in [9.17, 15) is 9.18 Å². The molecule has 1 rings (SSSR count). The van der Waals surface area contributed by atoms with E-state index in [1.54, 1.807) is 13.0 Å². The van der Waals surface area contributed by atoms with Crippen LogP contribution in [-0.4, -0.2) is 23.1 Å². The van der Waals surface area contributed by atoms with E-state index in [4.69, 9.17) is 21.4 Å². The third kappa shape index (κ3) is 3.40. The van der Waals surface area contributed by atoms with Crippen molar-refractivity contribution in [2.24, 2.45) is 0 Å². The predicted molar refractivity (Wildman–Crippen MR) is 53.9 cm³/mol. The highest BCUT2D eigenvalue weighted by atomic mass is 35.5. The Labute approximate surface area is 91.4 Å². The van der Waals surface area contributed by atoms with Gasteiger partial charge in [0.2, 0.25) is 0 Å². The first-order valence-corrected chi connectivity index (χ1v) is 4.70. The number of aliphatic carboxylic acids is 1. The minimum Gasteiger partial charge on any atom is -0.488 e. The van der Waals surface area contributed by atoms with Gasteiger partial charge in [-0.3, -0.25) is 4.79 Å². The van der Waals surface area contributed by atoms with E-state index in [0.717, 1.165) is 5.56 Å². The molecule has 0 saturated heterocycles. The maximum absolute atomic E-state index is 13.1. The summed E-state index contributed by atoms with van der Waals surface area (Å²) in [4.78, 5) is 10.4. The van der Waals surface area contributed by atoms with Crippen molar-refractivity contribution >= 4 is 17.6 Å². The average Bonchev–Trinajstić information content (AvgIpc) is 2.18. The van der Waals surface area contributed by atoms with Crippen molar-refractivity contribution in [3.05, 3.63) is 29.6 Å². The second-order valence-electron chi connectivity index (χ2n) is 3.05. The van der Waals surface area contributed by atoms with E-state index < -0.39 is 17.2 Å². The molecule has 1 aromatic carbocycles. The quantitative estimate of drug-likeness (QED) is 0.810. The molecule has 1 unspecified atom stereocenters. The molecule has 0 aliphatic rings. The van der Waals surface area contributed by atoms with Gasteiger partial charge in [-0.05, 0) is 24.6 Å². The largest absolute Gasteiger partial charge is 0.488 e. The van der Waals surface area contributed by atoms with Crippen LogP contribution in [0.5, 0.6) is 5.75 Å².